The molecular formula is C23H22FNO2. The fourth-order valence-electron chi connectivity index (χ4n) is 4.08. The van der Waals surface area contributed by atoms with Crippen LogP contribution in [-0.2, 0) is 4.79 Å². The summed E-state index contributed by atoms with van der Waals surface area (Å²) >= 11 is 0. The summed E-state index contributed by atoms with van der Waals surface area (Å²) in [6.45, 7) is 1.34. The molecule has 1 aliphatic rings. The maximum atomic E-state index is 13.5. The first-order valence-electron chi connectivity index (χ1n) is 9.33. The topological polar surface area (TPSA) is 40.5 Å². The predicted molar refractivity (Wildman–Crippen MR) is 104 cm³/mol. The van der Waals surface area contributed by atoms with Gasteiger partial charge in [0.1, 0.15) is 5.82 Å². The van der Waals surface area contributed by atoms with Crippen molar-refractivity contribution < 1.29 is 14.3 Å². The lowest BCUT2D eigenvalue weighted by atomic mass is 9.90. The standard InChI is InChI=1S/C23H22FNO2/c24-21-11-9-17(10-12-21)22(25-13-3-6-20(15-25)23(26)27)19-8-7-16-4-1-2-5-18(16)14-19/h1-2,4-5,7-12,14,20,22H,3,6,13,15H2,(H,26,27). The fourth-order valence-corrected chi connectivity index (χ4v) is 4.08. The van der Waals surface area contributed by atoms with Crippen molar-refractivity contribution in [1.82, 2.24) is 4.90 Å². The van der Waals surface area contributed by atoms with Crippen molar-refractivity contribution in [1.29, 1.82) is 0 Å². The molecule has 0 aromatic heterocycles. The van der Waals surface area contributed by atoms with Gasteiger partial charge in [0.15, 0.2) is 0 Å². The first kappa shape index (κ1) is 17.7. The van der Waals surface area contributed by atoms with E-state index < -0.39 is 5.97 Å². The Morgan fingerprint density at radius 1 is 1.00 bits per heavy atom. The molecule has 138 valence electrons. The summed E-state index contributed by atoms with van der Waals surface area (Å²) in [5.41, 5.74) is 2.09. The van der Waals surface area contributed by atoms with Gasteiger partial charge in [-0.3, -0.25) is 9.69 Å². The molecule has 0 radical (unpaired) electrons. The molecule has 4 rings (SSSR count). The number of halogens is 1. The van der Waals surface area contributed by atoms with E-state index in [2.05, 4.69) is 35.2 Å². The van der Waals surface area contributed by atoms with Crippen LogP contribution in [0.2, 0.25) is 0 Å². The molecule has 0 amide bonds. The molecule has 1 heterocycles. The van der Waals surface area contributed by atoms with E-state index in [0.717, 1.165) is 29.5 Å². The summed E-state index contributed by atoms with van der Waals surface area (Å²) in [6, 6.07) is 21.0. The lowest BCUT2D eigenvalue weighted by Gasteiger charge is -2.37. The summed E-state index contributed by atoms with van der Waals surface area (Å²) < 4.78 is 13.5. The largest absolute Gasteiger partial charge is 0.481 e. The van der Waals surface area contributed by atoms with Crippen LogP contribution >= 0.6 is 0 Å². The average Bonchev–Trinajstić information content (AvgIpc) is 2.70. The Balaban J connectivity index is 1.77. The Hall–Kier alpha value is -2.72. The van der Waals surface area contributed by atoms with Gasteiger partial charge in [0.05, 0.1) is 12.0 Å². The van der Waals surface area contributed by atoms with Gasteiger partial charge in [-0.15, -0.1) is 0 Å². The quantitative estimate of drug-likeness (QED) is 0.719. The predicted octanol–water partition coefficient (Wildman–Crippen LogP) is 4.86. The van der Waals surface area contributed by atoms with Crippen molar-refractivity contribution in [3.8, 4) is 0 Å². The lowest BCUT2D eigenvalue weighted by molar-refractivity contribution is -0.143. The minimum absolute atomic E-state index is 0.0858. The number of carbonyl (C=O) groups is 1. The average molecular weight is 363 g/mol. The second kappa shape index (κ2) is 7.49. The Morgan fingerprint density at radius 3 is 2.44 bits per heavy atom. The van der Waals surface area contributed by atoms with Crippen molar-refractivity contribution in [2.24, 2.45) is 5.92 Å². The highest BCUT2D eigenvalue weighted by molar-refractivity contribution is 5.83. The van der Waals surface area contributed by atoms with Gasteiger partial charge in [0.2, 0.25) is 0 Å². The third-order valence-electron chi connectivity index (χ3n) is 5.44. The van der Waals surface area contributed by atoms with Crippen molar-refractivity contribution >= 4 is 16.7 Å². The first-order chi connectivity index (χ1) is 13.1. The Bertz CT molecular complexity index is 954. The van der Waals surface area contributed by atoms with E-state index in [-0.39, 0.29) is 17.8 Å². The van der Waals surface area contributed by atoms with E-state index in [1.54, 1.807) is 12.1 Å². The first-order valence-corrected chi connectivity index (χ1v) is 9.33. The fraction of sp³-hybridized carbons (Fsp3) is 0.261. The van der Waals surface area contributed by atoms with Crippen molar-refractivity contribution in [3.63, 3.8) is 0 Å². The van der Waals surface area contributed by atoms with Gasteiger partial charge in [-0.2, -0.15) is 0 Å². The highest BCUT2D eigenvalue weighted by Gasteiger charge is 2.31. The SMILES string of the molecule is O=C(O)C1CCCN(C(c2ccc(F)cc2)c2ccc3ccccc3c2)C1. The summed E-state index contributed by atoms with van der Waals surface area (Å²) in [6.07, 6.45) is 1.56. The molecular weight excluding hydrogens is 341 g/mol. The van der Waals surface area contributed by atoms with Gasteiger partial charge >= 0.3 is 5.97 Å². The summed E-state index contributed by atoms with van der Waals surface area (Å²) in [5, 5.41) is 11.8. The second-order valence-electron chi connectivity index (χ2n) is 7.23. The van der Waals surface area contributed by atoms with E-state index in [4.69, 9.17) is 0 Å². The van der Waals surface area contributed by atoms with Crippen molar-refractivity contribution in [2.45, 2.75) is 18.9 Å². The van der Waals surface area contributed by atoms with E-state index in [0.29, 0.717) is 13.0 Å². The minimum Gasteiger partial charge on any atom is -0.481 e. The van der Waals surface area contributed by atoms with Gasteiger partial charge in [-0.25, -0.2) is 4.39 Å². The number of hydrogen-bond acceptors (Lipinski definition) is 2. The van der Waals surface area contributed by atoms with Crippen molar-refractivity contribution in [3.05, 3.63) is 83.7 Å². The number of fused-ring (bicyclic) bond motifs is 1. The van der Waals surface area contributed by atoms with Gasteiger partial charge in [0, 0.05) is 6.54 Å². The molecule has 0 bridgehead atoms. The minimum atomic E-state index is -0.740. The molecule has 3 aromatic rings. The van der Waals surface area contributed by atoms with E-state index in [1.165, 1.54) is 17.5 Å². The molecule has 1 fully saturated rings. The number of piperidine rings is 1. The number of carboxylic acid groups (broad SMARTS) is 1. The number of hydrogen-bond donors (Lipinski definition) is 1. The Morgan fingerprint density at radius 2 is 1.70 bits per heavy atom. The molecule has 0 saturated carbocycles. The number of rotatable bonds is 4. The van der Waals surface area contributed by atoms with Crippen LogP contribution in [0.25, 0.3) is 10.8 Å². The zero-order chi connectivity index (χ0) is 18.8. The molecule has 27 heavy (non-hydrogen) atoms. The number of nitrogens with zero attached hydrogens (tertiary/aromatic N) is 1. The zero-order valence-corrected chi connectivity index (χ0v) is 15.0. The number of aliphatic carboxylic acids is 1. The molecule has 0 spiro atoms. The van der Waals surface area contributed by atoms with Crippen LogP contribution in [0, 0.1) is 11.7 Å². The summed E-state index contributed by atoms with van der Waals surface area (Å²) in [7, 11) is 0. The van der Waals surface area contributed by atoms with Gasteiger partial charge in [0.25, 0.3) is 0 Å². The molecule has 4 heteroatoms. The van der Waals surface area contributed by atoms with Crippen LogP contribution < -0.4 is 0 Å². The summed E-state index contributed by atoms with van der Waals surface area (Å²) in [4.78, 5) is 13.8. The van der Waals surface area contributed by atoms with Gasteiger partial charge < -0.3 is 5.11 Å². The molecule has 3 nitrogen and oxygen atoms in total. The Labute approximate surface area is 158 Å². The second-order valence-corrected chi connectivity index (χ2v) is 7.23. The Kier molecular flexibility index (Phi) is 4.90. The van der Waals surface area contributed by atoms with Crippen LogP contribution in [0.15, 0.2) is 66.7 Å². The number of carboxylic acids is 1. The van der Waals surface area contributed by atoms with Crippen LogP contribution in [0.1, 0.15) is 30.0 Å². The maximum absolute atomic E-state index is 13.5. The van der Waals surface area contributed by atoms with Crippen LogP contribution in [0.5, 0.6) is 0 Å². The lowest BCUT2D eigenvalue weighted by Crippen LogP contribution is -2.41. The zero-order valence-electron chi connectivity index (χ0n) is 15.0. The summed E-state index contributed by atoms with van der Waals surface area (Å²) in [5.74, 6) is -1.36. The third-order valence-corrected chi connectivity index (χ3v) is 5.44. The highest BCUT2D eigenvalue weighted by atomic mass is 19.1. The molecule has 2 unspecified atom stereocenters. The van der Waals surface area contributed by atoms with E-state index in [9.17, 15) is 14.3 Å². The molecule has 2 atom stereocenters. The van der Waals surface area contributed by atoms with Gasteiger partial charge in [-0.05, 0) is 59.5 Å². The van der Waals surface area contributed by atoms with E-state index >= 15 is 0 Å². The normalized spacial score (nSPS) is 19.1. The van der Waals surface area contributed by atoms with Gasteiger partial charge in [-0.1, -0.05) is 48.5 Å². The van der Waals surface area contributed by atoms with Crippen molar-refractivity contribution in [2.75, 3.05) is 13.1 Å². The molecule has 1 N–H and O–H groups in total. The molecule has 1 saturated heterocycles. The maximum Gasteiger partial charge on any atom is 0.307 e. The molecule has 0 aliphatic carbocycles. The molecule has 1 aliphatic heterocycles. The monoisotopic (exact) mass is 363 g/mol. The smallest absolute Gasteiger partial charge is 0.307 e. The van der Waals surface area contributed by atoms with Crippen LogP contribution in [-0.4, -0.2) is 29.1 Å². The third kappa shape index (κ3) is 3.71. The van der Waals surface area contributed by atoms with Crippen LogP contribution in [0.4, 0.5) is 4.39 Å². The van der Waals surface area contributed by atoms with E-state index in [1.807, 2.05) is 12.1 Å². The highest BCUT2D eigenvalue weighted by Crippen LogP contribution is 2.34. The van der Waals surface area contributed by atoms with Crippen LogP contribution in [0.3, 0.4) is 0 Å². The number of likely N-dealkylation sites (tertiary alicyclic amines) is 1. The molecule has 3 aromatic carbocycles. The number of benzene rings is 3.